The molecule has 0 radical (unpaired) electrons. The zero-order valence-electron chi connectivity index (χ0n) is 20.2. The summed E-state index contributed by atoms with van der Waals surface area (Å²) in [4.78, 5) is 19.0. The van der Waals surface area contributed by atoms with Crippen LogP contribution in [0.25, 0.3) is 0 Å². The van der Waals surface area contributed by atoms with Crippen molar-refractivity contribution in [1.82, 2.24) is 15.5 Å². The van der Waals surface area contributed by atoms with E-state index in [9.17, 15) is 4.79 Å². The van der Waals surface area contributed by atoms with Gasteiger partial charge in [0.05, 0.1) is 13.7 Å². The van der Waals surface area contributed by atoms with Crippen molar-refractivity contribution in [2.75, 3.05) is 20.8 Å². The van der Waals surface area contributed by atoms with E-state index in [2.05, 4.69) is 15.6 Å². The fraction of sp³-hybridized carbons (Fsp3) is 0.667. The van der Waals surface area contributed by atoms with E-state index in [1.54, 1.807) is 14.2 Å². The van der Waals surface area contributed by atoms with Gasteiger partial charge in [0.15, 0.2) is 17.5 Å². The number of carbonyl (C=O) groups is 1. The second kappa shape index (κ2) is 10.3. The highest BCUT2D eigenvalue weighted by atomic mass is 16.6. The normalized spacial score (nSPS) is 23.0. The molecule has 8 heteroatoms. The summed E-state index contributed by atoms with van der Waals surface area (Å²) in [5.41, 5.74) is 0.609. The largest absolute Gasteiger partial charge is 0.493 e. The van der Waals surface area contributed by atoms with Crippen LogP contribution in [0.2, 0.25) is 0 Å². The Labute approximate surface area is 191 Å². The summed E-state index contributed by atoms with van der Waals surface area (Å²) in [6.45, 7) is 8.90. The molecule has 1 amide bonds. The van der Waals surface area contributed by atoms with Crippen molar-refractivity contribution in [2.24, 2.45) is 4.99 Å². The second-order valence-corrected chi connectivity index (χ2v) is 9.43. The molecule has 2 heterocycles. The van der Waals surface area contributed by atoms with E-state index < -0.39 is 5.60 Å². The minimum atomic E-state index is -0.471. The van der Waals surface area contributed by atoms with Crippen molar-refractivity contribution in [2.45, 2.75) is 83.6 Å². The molecule has 8 nitrogen and oxygen atoms in total. The van der Waals surface area contributed by atoms with Crippen molar-refractivity contribution in [1.29, 1.82) is 0 Å². The molecule has 32 heavy (non-hydrogen) atoms. The Balaban J connectivity index is 1.55. The molecule has 2 N–H and O–H groups in total. The van der Waals surface area contributed by atoms with E-state index in [0.717, 1.165) is 48.7 Å². The molecule has 1 aromatic rings. The molecule has 1 aromatic carbocycles. The van der Waals surface area contributed by atoms with E-state index in [-0.39, 0.29) is 24.2 Å². The summed E-state index contributed by atoms with van der Waals surface area (Å²) in [6, 6.07) is 6.63. The van der Waals surface area contributed by atoms with Crippen molar-refractivity contribution in [3.05, 3.63) is 23.8 Å². The van der Waals surface area contributed by atoms with Gasteiger partial charge in [-0.3, -0.25) is 4.99 Å². The van der Waals surface area contributed by atoms with Crippen LogP contribution in [0.1, 0.15) is 58.9 Å². The zero-order valence-corrected chi connectivity index (χ0v) is 20.2. The minimum absolute atomic E-state index is 0.185. The van der Waals surface area contributed by atoms with Gasteiger partial charge in [-0.1, -0.05) is 6.07 Å². The predicted molar refractivity (Wildman–Crippen MR) is 125 cm³/mol. The highest BCUT2D eigenvalue weighted by Crippen LogP contribution is 2.36. The van der Waals surface area contributed by atoms with Crippen LogP contribution in [0.4, 0.5) is 4.79 Å². The molecule has 0 spiro atoms. The fourth-order valence-electron chi connectivity index (χ4n) is 4.58. The first-order chi connectivity index (χ1) is 15.2. The third-order valence-electron chi connectivity index (χ3n) is 5.89. The van der Waals surface area contributed by atoms with Crippen molar-refractivity contribution in [3.8, 4) is 11.5 Å². The third kappa shape index (κ3) is 5.99. The Morgan fingerprint density at radius 1 is 1.19 bits per heavy atom. The monoisotopic (exact) mass is 446 g/mol. The number of amides is 1. The molecule has 2 aliphatic rings. The number of fused-ring (bicyclic) bond motifs is 2. The molecule has 0 aliphatic carbocycles. The number of nitrogens with zero attached hydrogens (tertiary/aromatic N) is 2. The first kappa shape index (κ1) is 24.0. The maximum absolute atomic E-state index is 12.7. The van der Waals surface area contributed by atoms with Gasteiger partial charge in [0.2, 0.25) is 0 Å². The molecule has 2 fully saturated rings. The molecule has 2 atom stereocenters. The van der Waals surface area contributed by atoms with Gasteiger partial charge in [-0.05, 0) is 71.1 Å². The minimum Gasteiger partial charge on any atom is -0.493 e. The average molecular weight is 447 g/mol. The lowest BCUT2D eigenvalue weighted by Crippen LogP contribution is -2.54. The van der Waals surface area contributed by atoms with E-state index in [4.69, 9.17) is 14.2 Å². The van der Waals surface area contributed by atoms with Crippen LogP contribution in [0, 0.1) is 0 Å². The van der Waals surface area contributed by atoms with Gasteiger partial charge >= 0.3 is 6.09 Å². The predicted octanol–water partition coefficient (Wildman–Crippen LogP) is 3.69. The number of aliphatic imine (C=N–C) groups is 1. The lowest BCUT2D eigenvalue weighted by atomic mass is 9.98. The van der Waals surface area contributed by atoms with Gasteiger partial charge in [-0.2, -0.15) is 0 Å². The summed E-state index contributed by atoms with van der Waals surface area (Å²) >= 11 is 0. The summed E-state index contributed by atoms with van der Waals surface area (Å²) in [7, 11) is 3.42. The maximum atomic E-state index is 12.7. The van der Waals surface area contributed by atoms with Crippen LogP contribution in [0.5, 0.6) is 11.5 Å². The number of methoxy groups -OCH3 is 1. The maximum Gasteiger partial charge on any atom is 0.410 e. The number of nitrogens with one attached hydrogen (secondary N) is 2. The van der Waals surface area contributed by atoms with Crippen molar-refractivity contribution < 1.29 is 19.0 Å². The zero-order chi connectivity index (χ0) is 23.3. The SMILES string of the molecule is CCOc1cc(CNC(=NC)NC2CC3CCC(C2)N3C(=O)OC(C)(C)C)ccc1OC. The standard InChI is InChI=1S/C24H38N4O4/c1-7-31-21-12-16(8-11-20(21)30-6)15-26-22(25-5)27-17-13-18-9-10-19(14-17)28(18)23(29)32-24(2,3)4/h8,11-12,17-19H,7,9-10,13-15H2,1-6H3,(H2,25,26,27). The van der Waals surface area contributed by atoms with Crippen LogP contribution in [0.15, 0.2) is 23.2 Å². The summed E-state index contributed by atoms with van der Waals surface area (Å²) in [6.07, 6.45) is 3.66. The Kier molecular flexibility index (Phi) is 7.74. The number of carbonyl (C=O) groups excluding carboxylic acids is 1. The summed E-state index contributed by atoms with van der Waals surface area (Å²) in [5.74, 6) is 2.22. The fourth-order valence-corrected chi connectivity index (χ4v) is 4.58. The molecule has 2 unspecified atom stereocenters. The molecule has 2 aliphatic heterocycles. The van der Waals surface area contributed by atoms with Crippen LogP contribution in [0.3, 0.4) is 0 Å². The molecule has 3 rings (SSSR count). The van der Waals surface area contributed by atoms with Crippen LogP contribution in [-0.4, -0.2) is 61.4 Å². The van der Waals surface area contributed by atoms with E-state index in [1.807, 2.05) is 50.8 Å². The highest BCUT2D eigenvalue weighted by Gasteiger charge is 2.45. The van der Waals surface area contributed by atoms with E-state index in [1.165, 1.54) is 0 Å². The third-order valence-corrected chi connectivity index (χ3v) is 5.89. The van der Waals surface area contributed by atoms with Gasteiger partial charge < -0.3 is 29.7 Å². The number of benzene rings is 1. The number of hydrogen-bond acceptors (Lipinski definition) is 5. The molecule has 0 saturated carbocycles. The number of ether oxygens (including phenoxy) is 3. The van der Waals surface area contributed by atoms with Crippen LogP contribution < -0.4 is 20.1 Å². The quantitative estimate of drug-likeness (QED) is 0.512. The van der Waals surface area contributed by atoms with Crippen molar-refractivity contribution in [3.63, 3.8) is 0 Å². The van der Waals surface area contributed by atoms with Gasteiger partial charge in [-0.25, -0.2) is 4.79 Å². The summed E-state index contributed by atoms with van der Waals surface area (Å²) < 4.78 is 16.7. The van der Waals surface area contributed by atoms with Gasteiger partial charge in [-0.15, -0.1) is 0 Å². The molecular weight excluding hydrogens is 408 g/mol. The Morgan fingerprint density at radius 3 is 2.44 bits per heavy atom. The second-order valence-electron chi connectivity index (χ2n) is 9.43. The summed E-state index contributed by atoms with van der Waals surface area (Å²) in [5, 5.41) is 6.94. The first-order valence-corrected chi connectivity index (χ1v) is 11.5. The molecule has 178 valence electrons. The first-order valence-electron chi connectivity index (χ1n) is 11.5. The highest BCUT2D eigenvalue weighted by molar-refractivity contribution is 5.80. The lowest BCUT2D eigenvalue weighted by Gasteiger charge is -2.40. The molecule has 2 bridgehead atoms. The van der Waals surface area contributed by atoms with Gasteiger partial charge in [0, 0.05) is 31.7 Å². The lowest BCUT2D eigenvalue weighted by molar-refractivity contribution is 0.00544. The van der Waals surface area contributed by atoms with Gasteiger partial charge in [0.25, 0.3) is 0 Å². The topological polar surface area (TPSA) is 84.4 Å². The Bertz CT molecular complexity index is 807. The molecule has 2 saturated heterocycles. The van der Waals surface area contributed by atoms with E-state index >= 15 is 0 Å². The van der Waals surface area contributed by atoms with Crippen LogP contribution in [-0.2, 0) is 11.3 Å². The van der Waals surface area contributed by atoms with Crippen molar-refractivity contribution >= 4 is 12.1 Å². The van der Waals surface area contributed by atoms with Crippen LogP contribution >= 0.6 is 0 Å². The Hall–Kier alpha value is -2.64. The Morgan fingerprint density at radius 2 is 1.88 bits per heavy atom. The molecule has 0 aromatic heterocycles. The average Bonchev–Trinajstić information content (AvgIpc) is 3.01. The van der Waals surface area contributed by atoms with E-state index in [0.29, 0.717) is 13.2 Å². The number of hydrogen-bond donors (Lipinski definition) is 2. The number of guanidine groups is 1. The number of rotatable bonds is 6. The van der Waals surface area contributed by atoms with Gasteiger partial charge in [0.1, 0.15) is 5.60 Å². The molecular formula is C24H38N4O4. The number of piperidine rings is 1. The smallest absolute Gasteiger partial charge is 0.410 e.